The quantitative estimate of drug-likeness (QED) is 0.612. The summed E-state index contributed by atoms with van der Waals surface area (Å²) >= 11 is 0. The van der Waals surface area contributed by atoms with Crippen LogP contribution in [0.5, 0.6) is 0 Å². The van der Waals surface area contributed by atoms with Crippen molar-refractivity contribution in [1.29, 1.82) is 0 Å². The van der Waals surface area contributed by atoms with Gasteiger partial charge in [-0.1, -0.05) is 0 Å². The number of ether oxygens (including phenoxy) is 2. The molecule has 9 nitrogen and oxygen atoms in total. The number of nitrogens with two attached hydrogens (primary N) is 1. The van der Waals surface area contributed by atoms with E-state index in [9.17, 15) is 22.0 Å². The van der Waals surface area contributed by atoms with Gasteiger partial charge in [-0.2, -0.15) is 0 Å². The normalized spacial score (nSPS) is 16.9. The van der Waals surface area contributed by atoms with Crippen LogP contribution in [-0.2, 0) is 25.9 Å². The molecule has 2 aromatic heterocycles. The van der Waals surface area contributed by atoms with Crippen LogP contribution >= 0.6 is 0 Å². The molecule has 0 bridgehead atoms. The number of amides is 1. The number of benzene rings is 1. The van der Waals surface area contributed by atoms with E-state index in [0.717, 1.165) is 5.56 Å². The lowest BCUT2D eigenvalue weighted by Gasteiger charge is -2.32. The fraction of sp³-hybridized carbons (Fsp3) is 0.333. The highest BCUT2D eigenvalue weighted by atomic mass is 32.2. The Morgan fingerprint density at radius 3 is 2.64 bits per heavy atom. The highest BCUT2D eigenvalue weighted by Gasteiger charge is 2.29. The standard InChI is InChI=1S/C21H22F2N4O5S/c1-12-3-4-27-17(8-13-11-26(5-6-32-13)21(28)31-2)20(25-18(27)7-12)19-15(22)9-14(10-16(19)23)33(24,29)30/h3-4,7,9-10,13H,5-6,8,11H2,1-2H3,(H2,24,29,30)/t13-/m0/s1. The molecular weight excluding hydrogens is 458 g/mol. The maximum absolute atomic E-state index is 15.0. The third-order valence-corrected chi connectivity index (χ3v) is 6.35. The van der Waals surface area contributed by atoms with Crippen LogP contribution in [0.25, 0.3) is 16.9 Å². The molecule has 3 heterocycles. The fourth-order valence-electron chi connectivity index (χ4n) is 3.89. The van der Waals surface area contributed by atoms with Crippen molar-refractivity contribution in [3.8, 4) is 11.3 Å². The average Bonchev–Trinajstić information content (AvgIpc) is 3.09. The lowest BCUT2D eigenvalue weighted by Crippen LogP contribution is -2.46. The first-order valence-corrected chi connectivity index (χ1v) is 11.6. The highest BCUT2D eigenvalue weighted by molar-refractivity contribution is 7.89. The van der Waals surface area contributed by atoms with Crippen molar-refractivity contribution in [3.05, 3.63) is 53.4 Å². The topological polar surface area (TPSA) is 116 Å². The minimum absolute atomic E-state index is 0.00959. The number of sulfonamides is 1. The van der Waals surface area contributed by atoms with Gasteiger partial charge in [-0.25, -0.2) is 32.1 Å². The Morgan fingerprint density at radius 1 is 1.30 bits per heavy atom. The highest BCUT2D eigenvalue weighted by Crippen LogP contribution is 2.32. The van der Waals surface area contributed by atoms with Gasteiger partial charge < -0.3 is 18.8 Å². The number of carbonyl (C=O) groups is 1. The van der Waals surface area contributed by atoms with Gasteiger partial charge in [-0.3, -0.25) is 0 Å². The summed E-state index contributed by atoms with van der Waals surface area (Å²) in [5.41, 5.74) is 1.33. The van der Waals surface area contributed by atoms with Gasteiger partial charge in [0.25, 0.3) is 0 Å². The minimum Gasteiger partial charge on any atom is -0.453 e. The molecule has 1 atom stereocenters. The molecule has 12 heteroatoms. The summed E-state index contributed by atoms with van der Waals surface area (Å²) in [5.74, 6) is -2.22. The Balaban J connectivity index is 1.82. The fourth-order valence-corrected chi connectivity index (χ4v) is 4.42. The van der Waals surface area contributed by atoms with Crippen LogP contribution in [0.3, 0.4) is 0 Å². The van der Waals surface area contributed by atoms with Crippen molar-refractivity contribution >= 4 is 21.8 Å². The molecule has 176 valence electrons. The summed E-state index contributed by atoms with van der Waals surface area (Å²) in [6, 6.07) is 4.91. The van der Waals surface area contributed by atoms with E-state index in [4.69, 9.17) is 14.6 Å². The second-order valence-corrected chi connectivity index (χ2v) is 9.32. The molecule has 2 N–H and O–H groups in total. The molecule has 0 aliphatic carbocycles. The number of methoxy groups -OCH3 is 1. The number of hydrogen-bond acceptors (Lipinski definition) is 6. The second kappa shape index (κ2) is 8.69. The van der Waals surface area contributed by atoms with Crippen LogP contribution in [0.2, 0.25) is 0 Å². The van der Waals surface area contributed by atoms with Gasteiger partial charge in [-0.05, 0) is 36.8 Å². The summed E-state index contributed by atoms with van der Waals surface area (Å²) in [5, 5.41) is 5.02. The van der Waals surface area contributed by atoms with Crippen LogP contribution in [-0.4, -0.2) is 61.7 Å². The van der Waals surface area contributed by atoms with Crippen LogP contribution in [0, 0.1) is 18.6 Å². The number of pyridine rings is 1. The predicted octanol–water partition coefficient (Wildman–Crippen LogP) is 2.25. The molecule has 1 saturated heterocycles. The van der Waals surface area contributed by atoms with E-state index >= 15 is 0 Å². The Hall–Kier alpha value is -3.09. The molecule has 1 aliphatic heterocycles. The largest absolute Gasteiger partial charge is 0.453 e. The summed E-state index contributed by atoms with van der Waals surface area (Å²) in [7, 11) is -3.02. The number of fused-ring (bicyclic) bond motifs is 1. The van der Waals surface area contributed by atoms with Crippen LogP contribution in [0.15, 0.2) is 35.4 Å². The van der Waals surface area contributed by atoms with Crippen LogP contribution in [0.1, 0.15) is 11.3 Å². The summed E-state index contributed by atoms with van der Waals surface area (Å²) in [4.78, 5) is 17.2. The predicted molar refractivity (Wildman–Crippen MR) is 114 cm³/mol. The van der Waals surface area contributed by atoms with E-state index < -0.39 is 44.3 Å². The molecule has 0 unspecified atom stereocenters. The molecule has 4 rings (SSSR count). The third kappa shape index (κ3) is 4.54. The van der Waals surface area contributed by atoms with E-state index in [1.807, 2.05) is 13.0 Å². The smallest absolute Gasteiger partial charge is 0.409 e. The Bertz CT molecular complexity index is 1320. The molecule has 1 aromatic carbocycles. The van der Waals surface area contributed by atoms with Crippen molar-refractivity contribution < 1.29 is 31.5 Å². The Kier molecular flexibility index (Phi) is 6.08. The maximum atomic E-state index is 15.0. The molecule has 0 spiro atoms. The molecular formula is C21H22F2N4O5S. The summed E-state index contributed by atoms with van der Waals surface area (Å²) in [6.45, 7) is 2.71. The van der Waals surface area contributed by atoms with Crippen LogP contribution < -0.4 is 5.14 Å². The summed E-state index contributed by atoms with van der Waals surface area (Å²) < 4.78 is 65.4. The number of hydrogen-bond donors (Lipinski definition) is 1. The van der Waals surface area contributed by atoms with Gasteiger partial charge in [0, 0.05) is 19.2 Å². The van der Waals surface area contributed by atoms with E-state index in [2.05, 4.69) is 4.98 Å². The number of aryl methyl sites for hydroxylation is 1. The average molecular weight is 480 g/mol. The number of rotatable bonds is 4. The van der Waals surface area contributed by atoms with Gasteiger partial charge in [0.2, 0.25) is 10.0 Å². The summed E-state index contributed by atoms with van der Waals surface area (Å²) in [6.07, 6.45) is 0.940. The molecule has 1 fully saturated rings. The lowest BCUT2D eigenvalue weighted by atomic mass is 10.0. The zero-order valence-corrected chi connectivity index (χ0v) is 18.7. The van der Waals surface area contributed by atoms with Crippen molar-refractivity contribution in [2.45, 2.75) is 24.3 Å². The number of carbonyl (C=O) groups excluding carboxylic acids is 1. The lowest BCUT2D eigenvalue weighted by molar-refractivity contribution is -0.0241. The SMILES string of the molecule is COC(=O)N1CCO[C@@H](Cc2c(-c3c(F)cc(S(N)(=O)=O)cc3F)nc3cc(C)ccn23)C1. The minimum atomic E-state index is -4.30. The monoisotopic (exact) mass is 480 g/mol. The number of imidazole rings is 1. The molecule has 0 saturated carbocycles. The Morgan fingerprint density at radius 2 is 2.00 bits per heavy atom. The second-order valence-electron chi connectivity index (χ2n) is 7.76. The van der Waals surface area contributed by atoms with Gasteiger partial charge in [0.05, 0.1) is 48.2 Å². The first kappa shape index (κ1) is 23.1. The first-order valence-electron chi connectivity index (χ1n) is 10.0. The number of nitrogens with zero attached hydrogens (tertiary/aromatic N) is 3. The number of halogens is 2. The Labute approximate surface area is 188 Å². The molecule has 0 radical (unpaired) electrons. The van der Waals surface area contributed by atoms with E-state index in [-0.39, 0.29) is 25.3 Å². The van der Waals surface area contributed by atoms with Crippen molar-refractivity contribution in [3.63, 3.8) is 0 Å². The number of aromatic nitrogens is 2. The third-order valence-electron chi connectivity index (χ3n) is 5.45. The van der Waals surface area contributed by atoms with Gasteiger partial charge >= 0.3 is 6.09 Å². The van der Waals surface area contributed by atoms with E-state index in [0.29, 0.717) is 30.0 Å². The number of primary sulfonamides is 1. The zero-order valence-electron chi connectivity index (χ0n) is 17.9. The van der Waals surface area contributed by atoms with Gasteiger partial charge in [0.15, 0.2) is 0 Å². The molecule has 33 heavy (non-hydrogen) atoms. The number of morpholine rings is 1. The zero-order chi connectivity index (χ0) is 23.9. The van der Waals surface area contributed by atoms with Crippen molar-refractivity contribution in [2.24, 2.45) is 5.14 Å². The molecule has 1 amide bonds. The van der Waals surface area contributed by atoms with E-state index in [1.165, 1.54) is 12.0 Å². The first-order chi connectivity index (χ1) is 15.6. The van der Waals surface area contributed by atoms with Crippen molar-refractivity contribution in [2.75, 3.05) is 26.8 Å². The maximum Gasteiger partial charge on any atom is 0.409 e. The van der Waals surface area contributed by atoms with Gasteiger partial charge in [-0.15, -0.1) is 0 Å². The van der Waals surface area contributed by atoms with Gasteiger partial charge in [0.1, 0.15) is 17.3 Å². The van der Waals surface area contributed by atoms with E-state index in [1.54, 1.807) is 16.7 Å². The molecule has 1 aliphatic rings. The molecule has 3 aromatic rings. The van der Waals surface area contributed by atoms with Crippen molar-refractivity contribution in [1.82, 2.24) is 14.3 Å². The van der Waals surface area contributed by atoms with Crippen LogP contribution in [0.4, 0.5) is 13.6 Å².